The van der Waals surface area contributed by atoms with E-state index in [1.165, 1.54) is 38.6 Å². The molecule has 0 fully saturated rings. The van der Waals surface area contributed by atoms with Crippen LogP contribution in [0.5, 0.6) is 17.2 Å². The Hall–Kier alpha value is -4.08. The van der Waals surface area contributed by atoms with E-state index in [1.54, 1.807) is 19.2 Å². The molecule has 30 heavy (non-hydrogen) atoms. The van der Waals surface area contributed by atoms with Gasteiger partial charge in [0.15, 0.2) is 28.6 Å². The van der Waals surface area contributed by atoms with E-state index in [2.05, 4.69) is 10.5 Å². The molecule has 0 unspecified atom stereocenters. The minimum Gasteiger partial charge on any atom is -0.493 e. The minimum absolute atomic E-state index is 0.0648. The average Bonchev–Trinajstić information content (AvgIpc) is 3.18. The van der Waals surface area contributed by atoms with E-state index in [-0.39, 0.29) is 22.8 Å². The average molecular weight is 413 g/mol. The summed E-state index contributed by atoms with van der Waals surface area (Å²) >= 11 is 0. The maximum Gasteiger partial charge on any atom is 0.307 e. The lowest BCUT2D eigenvalue weighted by molar-refractivity contribution is -0.384. The van der Waals surface area contributed by atoms with Crippen molar-refractivity contribution in [1.29, 1.82) is 0 Å². The molecule has 0 saturated carbocycles. The molecule has 0 aliphatic rings. The molecule has 3 rings (SSSR count). The quantitative estimate of drug-likeness (QED) is 0.357. The maximum absolute atomic E-state index is 12.4. The number of methoxy groups -OCH3 is 3. The Bertz CT molecular complexity index is 1150. The number of carbonyl (C=O) groups is 1. The predicted octanol–water partition coefficient (Wildman–Crippen LogP) is 3.44. The molecular weight excluding hydrogens is 394 g/mol. The number of nitro benzene ring substituents is 1. The summed E-state index contributed by atoms with van der Waals surface area (Å²) in [5.41, 5.74) is 4.01. The number of aryl methyl sites for hydroxylation is 1. The van der Waals surface area contributed by atoms with Gasteiger partial charge in [0.1, 0.15) is 0 Å². The second-order valence-electron chi connectivity index (χ2n) is 6.20. The Morgan fingerprint density at radius 3 is 2.37 bits per heavy atom. The molecule has 0 aliphatic heterocycles. The Balaban J connectivity index is 1.83. The van der Waals surface area contributed by atoms with Crippen molar-refractivity contribution >= 4 is 28.8 Å². The lowest BCUT2D eigenvalue weighted by Crippen LogP contribution is -2.16. The van der Waals surface area contributed by atoms with Gasteiger partial charge in [0, 0.05) is 17.0 Å². The Morgan fingerprint density at radius 2 is 1.73 bits per heavy atom. The number of fused-ring (bicyclic) bond motifs is 1. The molecule has 0 atom stereocenters. The number of furan rings is 1. The van der Waals surface area contributed by atoms with Crippen LogP contribution in [0.1, 0.15) is 21.7 Å². The van der Waals surface area contributed by atoms with E-state index >= 15 is 0 Å². The summed E-state index contributed by atoms with van der Waals surface area (Å²) in [5.74, 6) is 0.585. The van der Waals surface area contributed by atoms with E-state index in [0.29, 0.717) is 16.9 Å². The van der Waals surface area contributed by atoms with Crippen molar-refractivity contribution in [3.63, 3.8) is 0 Å². The van der Waals surface area contributed by atoms with Crippen LogP contribution in [0.15, 0.2) is 39.9 Å². The van der Waals surface area contributed by atoms with Gasteiger partial charge in [-0.1, -0.05) is 0 Å². The number of amides is 1. The first kappa shape index (κ1) is 20.6. The number of nitro groups is 1. The second kappa shape index (κ2) is 8.52. The molecule has 0 bridgehead atoms. The molecular formula is C20H19N3O7. The van der Waals surface area contributed by atoms with Gasteiger partial charge in [0.05, 0.1) is 38.5 Å². The fourth-order valence-electron chi connectivity index (χ4n) is 2.83. The SMILES string of the molecule is COc1cc(C)c(/C=N\NC(=O)c2cc3cc([N+](=O)[O-])cc(OC)c3o2)cc1OC. The van der Waals surface area contributed by atoms with Crippen molar-refractivity contribution in [1.82, 2.24) is 5.43 Å². The van der Waals surface area contributed by atoms with E-state index in [1.807, 2.05) is 6.92 Å². The highest BCUT2D eigenvalue weighted by Crippen LogP contribution is 2.33. The fraction of sp³-hybridized carbons (Fsp3) is 0.200. The predicted molar refractivity (Wildman–Crippen MR) is 109 cm³/mol. The molecule has 10 heteroatoms. The zero-order valence-corrected chi connectivity index (χ0v) is 16.7. The topological polar surface area (TPSA) is 125 Å². The molecule has 1 amide bonds. The molecule has 156 valence electrons. The van der Waals surface area contributed by atoms with Crippen LogP contribution in [0.25, 0.3) is 11.0 Å². The molecule has 1 heterocycles. The number of nitrogens with one attached hydrogen (secondary N) is 1. The molecule has 0 saturated heterocycles. The number of carbonyl (C=O) groups excluding carboxylic acids is 1. The van der Waals surface area contributed by atoms with Gasteiger partial charge in [-0.05, 0) is 30.7 Å². The highest BCUT2D eigenvalue weighted by atomic mass is 16.6. The molecule has 0 spiro atoms. The van der Waals surface area contributed by atoms with E-state index < -0.39 is 10.8 Å². The van der Waals surface area contributed by atoms with Gasteiger partial charge >= 0.3 is 5.91 Å². The summed E-state index contributed by atoms with van der Waals surface area (Å²) in [5, 5.41) is 15.4. The lowest BCUT2D eigenvalue weighted by Gasteiger charge is -2.10. The van der Waals surface area contributed by atoms with Crippen LogP contribution in [0.4, 0.5) is 5.69 Å². The van der Waals surface area contributed by atoms with Crippen molar-refractivity contribution < 1.29 is 28.3 Å². The van der Waals surface area contributed by atoms with E-state index in [4.69, 9.17) is 18.6 Å². The first-order valence-electron chi connectivity index (χ1n) is 8.70. The normalized spacial score (nSPS) is 10.9. The Labute approximate surface area is 171 Å². The summed E-state index contributed by atoms with van der Waals surface area (Å²) < 4.78 is 21.1. The Morgan fingerprint density at radius 1 is 1.07 bits per heavy atom. The van der Waals surface area contributed by atoms with Crippen molar-refractivity contribution in [2.24, 2.45) is 5.10 Å². The van der Waals surface area contributed by atoms with E-state index in [0.717, 1.165) is 11.1 Å². The number of benzene rings is 2. The third kappa shape index (κ3) is 4.02. The van der Waals surface area contributed by atoms with Crippen LogP contribution in [-0.2, 0) is 0 Å². The van der Waals surface area contributed by atoms with Crippen LogP contribution in [0, 0.1) is 17.0 Å². The zero-order valence-electron chi connectivity index (χ0n) is 16.7. The minimum atomic E-state index is -0.620. The van der Waals surface area contributed by atoms with Gasteiger partial charge in [-0.2, -0.15) is 5.10 Å². The van der Waals surface area contributed by atoms with Crippen LogP contribution in [-0.4, -0.2) is 38.4 Å². The smallest absolute Gasteiger partial charge is 0.307 e. The van der Waals surface area contributed by atoms with Crippen molar-refractivity contribution in [3.8, 4) is 17.2 Å². The zero-order chi connectivity index (χ0) is 21.8. The largest absolute Gasteiger partial charge is 0.493 e. The van der Waals surface area contributed by atoms with Gasteiger partial charge in [-0.3, -0.25) is 14.9 Å². The highest BCUT2D eigenvalue weighted by Gasteiger charge is 2.19. The van der Waals surface area contributed by atoms with Crippen LogP contribution >= 0.6 is 0 Å². The number of hydrogen-bond acceptors (Lipinski definition) is 8. The maximum atomic E-state index is 12.4. The number of rotatable bonds is 7. The molecule has 3 aromatic rings. The second-order valence-corrected chi connectivity index (χ2v) is 6.20. The summed E-state index contributed by atoms with van der Waals surface area (Å²) in [7, 11) is 4.43. The highest BCUT2D eigenvalue weighted by molar-refractivity contribution is 5.98. The summed E-state index contributed by atoms with van der Waals surface area (Å²) in [6, 6.07) is 7.44. The Kier molecular flexibility index (Phi) is 5.86. The number of nitrogens with zero attached hydrogens (tertiary/aromatic N) is 2. The lowest BCUT2D eigenvalue weighted by atomic mass is 10.1. The number of non-ortho nitro benzene ring substituents is 1. The third-order valence-corrected chi connectivity index (χ3v) is 4.36. The monoisotopic (exact) mass is 413 g/mol. The van der Waals surface area contributed by atoms with Gasteiger partial charge in [-0.15, -0.1) is 0 Å². The van der Waals surface area contributed by atoms with Crippen LogP contribution in [0.2, 0.25) is 0 Å². The number of hydrogen-bond donors (Lipinski definition) is 1. The summed E-state index contributed by atoms with van der Waals surface area (Å²) in [4.78, 5) is 22.9. The van der Waals surface area contributed by atoms with Gasteiger partial charge in [0.2, 0.25) is 0 Å². The molecule has 10 nitrogen and oxygen atoms in total. The van der Waals surface area contributed by atoms with Crippen LogP contribution in [0.3, 0.4) is 0 Å². The third-order valence-electron chi connectivity index (χ3n) is 4.36. The number of ether oxygens (including phenoxy) is 3. The van der Waals surface area contributed by atoms with Gasteiger partial charge in [0.25, 0.3) is 5.69 Å². The molecule has 0 aliphatic carbocycles. The number of hydrazone groups is 1. The summed E-state index contributed by atoms with van der Waals surface area (Å²) in [6.45, 7) is 1.86. The van der Waals surface area contributed by atoms with Crippen molar-refractivity contribution in [2.45, 2.75) is 6.92 Å². The van der Waals surface area contributed by atoms with Gasteiger partial charge in [-0.25, -0.2) is 5.43 Å². The molecule has 1 N–H and O–H groups in total. The fourth-order valence-corrected chi connectivity index (χ4v) is 2.83. The first-order chi connectivity index (χ1) is 14.4. The van der Waals surface area contributed by atoms with Crippen molar-refractivity contribution in [3.05, 3.63) is 57.3 Å². The molecule has 2 aromatic carbocycles. The summed E-state index contributed by atoms with van der Waals surface area (Å²) in [6.07, 6.45) is 1.46. The standard InChI is InChI=1S/C20H19N3O7/c1-11-5-15(27-2)16(28-3)8-13(11)10-21-22-20(24)18-7-12-6-14(23(25)26)9-17(29-4)19(12)30-18/h5-10H,1-4H3,(H,22,24)/b21-10-. The first-order valence-corrected chi connectivity index (χ1v) is 8.70. The molecule has 1 aromatic heterocycles. The van der Waals surface area contributed by atoms with Gasteiger partial charge < -0.3 is 18.6 Å². The van der Waals surface area contributed by atoms with Crippen molar-refractivity contribution in [2.75, 3.05) is 21.3 Å². The van der Waals surface area contributed by atoms with E-state index in [9.17, 15) is 14.9 Å². The van der Waals surface area contributed by atoms with Crippen LogP contribution < -0.4 is 19.6 Å². The molecule has 0 radical (unpaired) electrons.